The van der Waals surface area contributed by atoms with Crippen LogP contribution in [0.5, 0.6) is 0 Å². The second-order valence-electron chi connectivity index (χ2n) is 5.58. The van der Waals surface area contributed by atoms with Gasteiger partial charge < -0.3 is 20.3 Å². The highest BCUT2D eigenvalue weighted by atomic mass is 79.9. The normalized spacial score (nSPS) is 14.3. The lowest BCUT2D eigenvalue weighted by Gasteiger charge is -2.28. The minimum Gasteiger partial charge on any atom is -0.378 e. The van der Waals surface area contributed by atoms with Gasteiger partial charge in [0, 0.05) is 35.5 Å². The molecule has 0 amide bonds. The van der Waals surface area contributed by atoms with Gasteiger partial charge in [-0.15, -0.1) is 0 Å². The average molecular weight is 406 g/mol. The lowest BCUT2D eigenvalue weighted by Crippen LogP contribution is -2.36. The van der Waals surface area contributed by atoms with E-state index in [1.165, 1.54) is 11.3 Å². The van der Waals surface area contributed by atoms with Crippen molar-refractivity contribution >= 4 is 44.6 Å². The maximum atomic E-state index is 5.39. The number of ether oxygens (including phenoxy) is 1. The fourth-order valence-corrected chi connectivity index (χ4v) is 3.16. The molecule has 2 aromatic rings. The first-order valence-electron chi connectivity index (χ1n) is 7.93. The maximum absolute atomic E-state index is 5.39. The van der Waals surface area contributed by atoms with E-state index < -0.39 is 0 Å². The Morgan fingerprint density at radius 2 is 1.88 bits per heavy atom. The zero-order valence-electron chi connectivity index (χ0n) is 13.3. The predicted octanol–water partition coefficient (Wildman–Crippen LogP) is 3.77. The van der Waals surface area contributed by atoms with Crippen LogP contribution in [0.2, 0.25) is 0 Å². The van der Waals surface area contributed by atoms with E-state index in [4.69, 9.17) is 17.0 Å². The smallest absolute Gasteiger partial charge is 0.171 e. The van der Waals surface area contributed by atoms with E-state index in [0.29, 0.717) is 11.7 Å². The number of rotatable bonds is 4. The second-order valence-corrected chi connectivity index (χ2v) is 6.91. The number of morpholine rings is 1. The Kier molecular flexibility index (Phi) is 6.07. The highest BCUT2D eigenvalue weighted by Gasteiger charge is 2.10. The van der Waals surface area contributed by atoms with E-state index in [1.807, 2.05) is 24.3 Å². The number of benzene rings is 2. The van der Waals surface area contributed by atoms with E-state index >= 15 is 0 Å². The van der Waals surface area contributed by atoms with Gasteiger partial charge in [-0.3, -0.25) is 0 Å². The first-order chi connectivity index (χ1) is 11.7. The zero-order valence-corrected chi connectivity index (χ0v) is 15.7. The van der Waals surface area contributed by atoms with Gasteiger partial charge in [0.15, 0.2) is 5.11 Å². The number of nitrogens with one attached hydrogen (secondary N) is 2. The van der Waals surface area contributed by atoms with Crippen LogP contribution in [0.15, 0.2) is 53.0 Å². The molecular formula is C18H20BrN3OS. The number of halogens is 1. The first kappa shape index (κ1) is 17.2. The average Bonchev–Trinajstić information content (AvgIpc) is 2.61. The Balaban J connectivity index is 1.50. The molecule has 0 saturated carbocycles. The van der Waals surface area contributed by atoms with Crippen LogP contribution in [0.4, 0.5) is 11.4 Å². The summed E-state index contributed by atoms with van der Waals surface area (Å²) < 4.78 is 6.41. The standard InChI is InChI=1S/C18H20BrN3OS/c19-15-2-1-3-16(12-15)21-18(24)20-13-14-4-6-17(7-5-14)22-8-10-23-11-9-22/h1-7,12H,8-11,13H2,(H2,20,21,24). The number of hydrogen-bond acceptors (Lipinski definition) is 3. The van der Waals surface area contributed by atoms with Gasteiger partial charge in [-0.25, -0.2) is 0 Å². The molecule has 6 heteroatoms. The Labute approximate surface area is 156 Å². The van der Waals surface area contributed by atoms with Crippen LogP contribution in [-0.2, 0) is 11.3 Å². The van der Waals surface area contributed by atoms with Gasteiger partial charge in [-0.2, -0.15) is 0 Å². The SMILES string of the molecule is S=C(NCc1ccc(N2CCOCC2)cc1)Nc1cccc(Br)c1. The summed E-state index contributed by atoms with van der Waals surface area (Å²) >= 11 is 8.80. The molecule has 24 heavy (non-hydrogen) atoms. The maximum Gasteiger partial charge on any atom is 0.171 e. The molecule has 4 nitrogen and oxygen atoms in total. The fraction of sp³-hybridized carbons (Fsp3) is 0.278. The van der Waals surface area contributed by atoms with E-state index in [-0.39, 0.29) is 0 Å². The molecule has 2 N–H and O–H groups in total. The van der Waals surface area contributed by atoms with Crippen LogP contribution >= 0.6 is 28.1 Å². The van der Waals surface area contributed by atoms with Crippen molar-refractivity contribution in [3.05, 3.63) is 58.6 Å². The van der Waals surface area contributed by atoms with Crippen molar-refractivity contribution in [3.8, 4) is 0 Å². The topological polar surface area (TPSA) is 36.5 Å². The predicted molar refractivity (Wildman–Crippen MR) is 107 cm³/mol. The quantitative estimate of drug-likeness (QED) is 0.757. The van der Waals surface area contributed by atoms with Crippen molar-refractivity contribution in [1.29, 1.82) is 0 Å². The molecule has 0 aromatic heterocycles. The fourth-order valence-electron chi connectivity index (χ4n) is 2.57. The van der Waals surface area contributed by atoms with Gasteiger partial charge in [0.2, 0.25) is 0 Å². The molecule has 1 aliphatic rings. The Morgan fingerprint density at radius 1 is 1.12 bits per heavy atom. The second kappa shape index (κ2) is 8.46. The van der Waals surface area contributed by atoms with Gasteiger partial charge in [0.25, 0.3) is 0 Å². The monoisotopic (exact) mass is 405 g/mol. The van der Waals surface area contributed by atoms with E-state index in [1.54, 1.807) is 0 Å². The Morgan fingerprint density at radius 3 is 2.58 bits per heavy atom. The van der Waals surface area contributed by atoms with Gasteiger partial charge in [-0.05, 0) is 48.1 Å². The number of hydrogen-bond donors (Lipinski definition) is 2. The largest absolute Gasteiger partial charge is 0.378 e. The molecule has 0 radical (unpaired) electrons. The van der Waals surface area contributed by atoms with Crippen LogP contribution < -0.4 is 15.5 Å². The van der Waals surface area contributed by atoms with Crippen molar-refractivity contribution in [1.82, 2.24) is 5.32 Å². The van der Waals surface area contributed by atoms with Gasteiger partial charge in [0.05, 0.1) is 13.2 Å². The van der Waals surface area contributed by atoms with Crippen molar-refractivity contribution in [2.24, 2.45) is 0 Å². The lowest BCUT2D eigenvalue weighted by molar-refractivity contribution is 0.122. The molecule has 1 aliphatic heterocycles. The third-order valence-electron chi connectivity index (χ3n) is 3.85. The molecule has 3 rings (SSSR count). The molecule has 0 unspecified atom stereocenters. The lowest BCUT2D eigenvalue weighted by atomic mass is 10.2. The summed E-state index contributed by atoms with van der Waals surface area (Å²) in [6.45, 7) is 4.22. The van der Waals surface area contributed by atoms with Crippen molar-refractivity contribution < 1.29 is 4.74 Å². The minimum absolute atomic E-state index is 0.616. The van der Waals surface area contributed by atoms with E-state index in [0.717, 1.165) is 36.5 Å². The number of anilines is 2. The summed E-state index contributed by atoms with van der Waals surface area (Å²) in [5, 5.41) is 7.04. The zero-order chi connectivity index (χ0) is 16.8. The summed E-state index contributed by atoms with van der Waals surface area (Å²) in [4.78, 5) is 2.35. The molecule has 0 atom stereocenters. The third kappa shape index (κ3) is 4.93. The van der Waals surface area contributed by atoms with Crippen LogP contribution in [0, 0.1) is 0 Å². The van der Waals surface area contributed by atoms with Crippen molar-refractivity contribution in [2.45, 2.75) is 6.54 Å². The Hall–Kier alpha value is -1.63. The summed E-state index contributed by atoms with van der Waals surface area (Å²) in [7, 11) is 0. The van der Waals surface area contributed by atoms with Crippen LogP contribution in [0.25, 0.3) is 0 Å². The molecule has 1 heterocycles. The third-order valence-corrected chi connectivity index (χ3v) is 4.59. The Bertz CT molecular complexity index is 687. The molecule has 0 spiro atoms. The highest BCUT2D eigenvalue weighted by molar-refractivity contribution is 9.10. The molecule has 126 valence electrons. The summed E-state index contributed by atoms with van der Waals surface area (Å²) in [6, 6.07) is 16.5. The molecular weight excluding hydrogens is 386 g/mol. The van der Waals surface area contributed by atoms with Crippen molar-refractivity contribution in [3.63, 3.8) is 0 Å². The van der Waals surface area contributed by atoms with Gasteiger partial charge in [-0.1, -0.05) is 34.1 Å². The van der Waals surface area contributed by atoms with Crippen LogP contribution in [-0.4, -0.2) is 31.4 Å². The molecule has 2 aromatic carbocycles. The number of nitrogens with zero attached hydrogens (tertiary/aromatic N) is 1. The molecule has 1 saturated heterocycles. The van der Waals surface area contributed by atoms with Crippen molar-refractivity contribution in [2.75, 3.05) is 36.5 Å². The van der Waals surface area contributed by atoms with Crippen LogP contribution in [0.3, 0.4) is 0 Å². The van der Waals surface area contributed by atoms with Gasteiger partial charge in [0.1, 0.15) is 0 Å². The molecule has 0 aliphatic carbocycles. The summed E-state index contributed by atoms with van der Waals surface area (Å²) in [6.07, 6.45) is 0. The minimum atomic E-state index is 0.616. The van der Waals surface area contributed by atoms with E-state index in [2.05, 4.69) is 55.7 Å². The summed E-state index contributed by atoms with van der Waals surface area (Å²) in [5.41, 5.74) is 3.41. The van der Waals surface area contributed by atoms with Crippen LogP contribution in [0.1, 0.15) is 5.56 Å². The highest BCUT2D eigenvalue weighted by Crippen LogP contribution is 2.17. The summed E-state index contributed by atoms with van der Waals surface area (Å²) in [5.74, 6) is 0. The molecule has 0 bridgehead atoms. The van der Waals surface area contributed by atoms with Gasteiger partial charge >= 0.3 is 0 Å². The van der Waals surface area contributed by atoms with E-state index in [9.17, 15) is 0 Å². The molecule has 1 fully saturated rings. The first-order valence-corrected chi connectivity index (χ1v) is 9.13. The number of thiocarbonyl (C=S) groups is 1.